The number of aryl methyl sites for hydroxylation is 1. The highest BCUT2D eigenvalue weighted by Crippen LogP contribution is 2.11. The van der Waals surface area contributed by atoms with Crippen molar-refractivity contribution in [3.63, 3.8) is 0 Å². The molecule has 0 aliphatic carbocycles. The minimum Gasteiger partial charge on any atom is -0.360 e. The van der Waals surface area contributed by atoms with Gasteiger partial charge in [0.05, 0.1) is 13.0 Å². The molecule has 1 N–H and O–H groups in total. The molecule has 2 amide bonds. The third-order valence-corrected chi connectivity index (χ3v) is 3.86. The average Bonchev–Trinajstić information content (AvgIpc) is 3.10. The van der Waals surface area contributed by atoms with E-state index in [1.165, 1.54) is 0 Å². The maximum absolute atomic E-state index is 12.3. The first kappa shape index (κ1) is 16.2. The zero-order valence-electron chi connectivity index (χ0n) is 12.7. The van der Waals surface area contributed by atoms with Crippen LogP contribution in [-0.4, -0.2) is 35.0 Å². The maximum Gasteiger partial charge on any atom is 0.245 e. The summed E-state index contributed by atoms with van der Waals surface area (Å²) in [6.45, 7) is 4.29. The molecular weight excluding hydrogens is 302 g/mol. The normalized spacial score (nSPS) is 10.5. The molecule has 7 heteroatoms. The van der Waals surface area contributed by atoms with E-state index in [2.05, 4.69) is 10.5 Å². The Hall–Kier alpha value is -2.15. The second kappa shape index (κ2) is 7.74. The number of rotatable bonds is 7. The molecule has 2 aromatic heterocycles. The first-order chi connectivity index (χ1) is 10.6. The number of hydrogen-bond acceptors (Lipinski definition) is 5. The summed E-state index contributed by atoms with van der Waals surface area (Å²) in [6.07, 6.45) is 1.13. The smallest absolute Gasteiger partial charge is 0.245 e. The van der Waals surface area contributed by atoms with Gasteiger partial charge in [-0.15, -0.1) is 11.3 Å². The Kier molecular flexibility index (Phi) is 5.71. The molecule has 0 aromatic carbocycles. The Morgan fingerprint density at radius 2 is 2.27 bits per heavy atom. The van der Waals surface area contributed by atoms with Crippen molar-refractivity contribution in [3.8, 4) is 0 Å². The number of anilines is 1. The minimum absolute atomic E-state index is 0.0178. The summed E-state index contributed by atoms with van der Waals surface area (Å²) >= 11 is 1.54. The van der Waals surface area contributed by atoms with Gasteiger partial charge in [-0.05, 0) is 24.8 Å². The number of nitrogens with zero attached hydrogens (tertiary/aromatic N) is 2. The average molecular weight is 321 g/mol. The molecule has 0 aliphatic rings. The topological polar surface area (TPSA) is 75.4 Å². The van der Waals surface area contributed by atoms with E-state index in [1.54, 1.807) is 29.2 Å². The summed E-state index contributed by atoms with van der Waals surface area (Å²) in [4.78, 5) is 26.9. The molecule has 22 heavy (non-hydrogen) atoms. The first-order valence-electron chi connectivity index (χ1n) is 7.11. The van der Waals surface area contributed by atoms with Gasteiger partial charge >= 0.3 is 0 Å². The van der Waals surface area contributed by atoms with Gasteiger partial charge in [-0.3, -0.25) is 9.59 Å². The fourth-order valence-corrected chi connectivity index (χ4v) is 2.71. The lowest BCUT2D eigenvalue weighted by molar-refractivity contribution is -0.134. The zero-order valence-corrected chi connectivity index (χ0v) is 13.5. The highest BCUT2D eigenvalue weighted by atomic mass is 32.1. The van der Waals surface area contributed by atoms with E-state index in [-0.39, 0.29) is 18.4 Å². The SMILES string of the molecule is CCCN(CC(=O)Nc1cc(C)on1)C(=O)Cc1cccs1. The van der Waals surface area contributed by atoms with Crippen molar-refractivity contribution in [2.75, 3.05) is 18.4 Å². The summed E-state index contributed by atoms with van der Waals surface area (Å²) in [5, 5.41) is 8.27. The van der Waals surface area contributed by atoms with Crippen molar-refractivity contribution in [1.29, 1.82) is 0 Å². The Bertz CT molecular complexity index is 622. The van der Waals surface area contributed by atoms with Crippen molar-refractivity contribution in [2.45, 2.75) is 26.7 Å². The van der Waals surface area contributed by atoms with Crippen molar-refractivity contribution >= 4 is 29.0 Å². The van der Waals surface area contributed by atoms with Gasteiger partial charge in [-0.1, -0.05) is 18.1 Å². The van der Waals surface area contributed by atoms with Crippen molar-refractivity contribution < 1.29 is 14.1 Å². The number of hydrogen-bond donors (Lipinski definition) is 1. The Morgan fingerprint density at radius 3 is 2.86 bits per heavy atom. The summed E-state index contributed by atoms with van der Waals surface area (Å²) in [6, 6.07) is 5.47. The summed E-state index contributed by atoms with van der Waals surface area (Å²) in [5.41, 5.74) is 0. The van der Waals surface area contributed by atoms with Crippen LogP contribution in [0.2, 0.25) is 0 Å². The van der Waals surface area contributed by atoms with E-state index >= 15 is 0 Å². The van der Waals surface area contributed by atoms with E-state index in [1.807, 2.05) is 24.4 Å². The monoisotopic (exact) mass is 321 g/mol. The standard InChI is InChI=1S/C15H19N3O3S/c1-3-6-18(15(20)9-12-5-4-7-22-12)10-14(19)16-13-8-11(2)21-17-13/h4-5,7-8H,3,6,9-10H2,1-2H3,(H,16,17,19). The molecule has 0 spiro atoms. The first-order valence-corrected chi connectivity index (χ1v) is 7.99. The van der Waals surface area contributed by atoms with E-state index in [9.17, 15) is 9.59 Å². The highest BCUT2D eigenvalue weighted by molar-refractivity contribution is 7.10. The molecule has 2 aromatic rings. The van der Waals surface area contributed by atoms with Crippen molar-refractivity contribution in [2.24, 2.45) is 0 Å². The number of carbonyl (C=O) groups excluding carboxylic acids is 2. The van der Waals surface area contributed by atoms with Gasteiger partial charge in [-0.2, -0.15) is 0 Å². The van der Waals surface area contributed by atoms with Crippen LogP contribution in [-0.2, 0) is 16.0 Å². The van der Waals surface area contributed by atoms with Gasteiger partial charge in [0.25, 0.3) is 0 Å². The van der Waals surface area contributed by atoms with E-state index < -0.39 is 0 Å². The van der Waals surface area contributed by atoms with Crippen LogP contribution >= 0.6 is 11.3 Å². The highest BCUT2D eigenvalue weighted by Gasteiger charge is 2.18. The molecule has 0 aliphatic heterocycles. The predicted molar refractivity (Wildman–Crippen MR) is 84.8 cm³/mol. The Labute approximate surface area is 133 Å². The third-order valence-electron chi connectivity index (χ3n) is 2.98. The van der Waals surface area contributed by atoms with Gasteiger partial charge in [0.1, 0.15) is 5.76 Å². The molecular formula is C15H19N3O3S. The van der Waals surface area contributed by atoms with Gasteiger partial charge in [0.2, 0.25) is 11.8 Å². The van der Waals surface area contributed by atoms with Crippen LogP contribution < -0.4 is 5.32 Å². The van der Waals surface area contributed by atoms with E-state index in [0.29, 0.717) is 24.5 Å². The Balaban J connectivity index is 1.92. The lowest BCUT2D eigenvalue weighted by atomic mass is 10.3. The van der Waals surface area contributed by atoms with Crippen LogP contribution in [0, 0.1) is 6.92 Å². The summed E-state index contributed by atoms with van der Waals surface area (Å²) < 4.78 is 4.89. The minimum atomic E-state index is -0.277. The number of thiophene rings is 1. The van der Waals surface area contributed by atoms with Crippen LogP contribution in [0.4, 0.5) is 5.82 Å². The van der Waals surface area contributed by atoms with E-state index in [4.69, 9.17) is 4.52 Å². The number of nitrogens with one attached hydrogen (secondary N) is 1. The zero-order chi connectivity index (χ0) is 15.9. The number of amides is 2. The van der Waals surface area contributed by atoms with Crippen molar-refractivity contribution in [3.05, 3.63) is 34.2 Å². The molecule has 0 fully saturated rings. The number of carbonyl (C=O) groups is 2. The van der Waals surface area contributed by atoms with Crippen molar-refractivity contribution in [1.82, 2.24) is 10.1 Å². The second-order valence-electron chi connectivity index (χ2n) is 4.94. The molecule has 0 saturated heterocycles. The fraction of sp³-hybridized carbons (Fsp3) is 0.400. The van der Waals surface area contributed by atoms with Crippen LogP contribution in [0.1, 0.15) is 24.0 Å². The predicted octanol–water partition coefficient (Wildman–Crippen LogP) is 2.46. The molecule has 2 heterocycles. The quantitative estimate of drug-likeness (QED) is 0.850. The Morgan fingerprint density at radius 1 is 1.45 bits per heavy atom. The summed E-state index contributed by atoms with van der Waals surface area (Å²) in [7, 11) is 0. The van der Waals surface area contributed by atoms with Crippen LogP contribution in [0.25, 0.3) is 0 Å². The molecule has 6 nitrogen and oxygen atoms in total. The maximum atomic E-state index is 12.3. The molecule has 0 unspecified atom stereocenters. The van der Waals surface area contributed by atoms with Gasteiger partial charge in [0, 0.05) is 17.5 Å². The van der Waals surface area contributed by atoms with Crippen LogP contribution in [0.3, 0.4) is 0 Å². The second-order valence-corrected chi connectivity index (χ2v) is 5.97. The molecule has 2 rings (SSSR count). The lowest BCUT2D eigenvalue weighted by Crippen LogP contribution is -2.39. The largest absolute Gasteiger partial charge is 0.360 e. The van der Waals surface area contributed by atoms with Gasteiger partial charge in [0.15, 0.2) is 5.82 Å². The van der Waals surface area contributed by atoms with Crippen LogP contribution in [0.5, 0.6) is 0 Å². The van der Waals surface area contributed by atoms with Gasteiger partial charge in [-0.25, -0.2) is 0 Å². The lowest BCUT2D eigenvalue weighted by Gasteiger charge is -2.21. The van der Waals surface area contributed by atoms with E-state index in [0.717, 1.165) is 11.3 Å². The molecule has 0 bridgehead atoms. The van der Waals surface area contributed by atoms with Gasteiger partial charge < -0.3 is 14.7 Å². The molecule has 0 atom stereocenters. The number of aromatic nitrogens is 1. The molecule has 0 radical (unpaired) electrons. The fourth-order valence-electron chi connectivity index (χ4n) is 2.02. The third kappa shape index (κ3) is 4.70. The van der Waals surface area contributed by atoms with Crippen LogP contribution in [0.15, 0.2) is 28.1 Å². The summed E-state index contributed by atoms with van der Waals surface area (Å²) in [5.74, 6) is 0.663. The molecule has 0 saturated carbocycles. The molecule has 118 valence electrons.